The average Bonchev–Trinajstić information content (AvgIpc) is 2.55. The number of carbonyl (C=O) groups is 2. The number of rotatable bonds is 6. The van der Waals surface area contributed by atoms with Crippen molar-refractivity contribution in [2.24, 2.45) is 0 Å². The first-order valence-corrected chi connectivity index (χ1v) is 7.30. The monoisotopic (exact) mass is 296 g/mol. The van der Waals surface area contributed by atoms with Crippen LogP contribution in [0.15, 0.2) is 54.6 Å². The first-order chi connectivity index (χ1) is 10.7. The zero-order chi connectivity index (χ0) is 15.8. The van der Waals surface area contributed by atoms with Crippen molar-refractivity contribution in [2.75, 3.05) is 12.4 Å². The van der Waals surface area contributed by atoms with Crippen molar-refractivity contribution < 1.29 is 9.59 Å². The lowest BCUT2D eigenvalue weighted by molar-refractivity contribution is -0.120. The molecule has 0 unspecified atom stereocenters. The molecule has 0 fully saturated rings. The summed E-state index contributed by atoms with van der Waals surface area (Å²) in [5, 5.41) is 5.45. The molecule has 0 bridgehead atoms. The molecule has 2 aromatic rings. The van der Waals surface area contributed by atoms with Crippen molar-refractivity contribution in [3.05, 3.63) is 65.7 Å². The van der Waals surface area contributed by atoms with Gasteiger partial charge >= 0.3 is 0 Å². The molecule has 0 saturated heterocycles. The predicted octanol–water partition coefficient (Wildman–Crippen LogP) is 2.55. The van der Waals surface area contributed by atoms with Gasteiger partial charge in [-0.05, 0) is 29.7 Å². The summed E-state index contributed by atoms with van der Waals surface area (Å²) in [6.45, 7) is 0. The molecule has 2 amide bonds. The first-order valence-electron chi connectivity index (χ1n) is 7.30. The van der Waals surface area contributed by atoms with Crippen LogP contribution >= 0.6 is 0 Å². The summed E-state index contributed by atoms with van der Waals surface area (Å²) in [7, 11) is 1.61. The van der Waals surface area contributed by atoms with Crippen LogP contribution in [0.1, 0.15) is 17.5 Å². The molecule has 2 rings (SSSR count). The maximum absolute atomic E-state index is 11.9. The van der Waals surface area contributed by atoms with Crippen LogP contribution in [0.5, 0.6) is 0 Å². The lowest BCUT2D eigenvalue weighted by Crippen LogP contribution is -2.19. The van der Waals surface area contributed by atoms with Gasteiger partial charge in [-0.25, -0.2) is 0 Å². The van der Waals surface area contributed by atoms with Gasteiger partial charge in [-0.1, -0.05) is 42.5 Å². The molecule has 114 valence electrons. The van der Waals surface area contributed by atoms with Gasteiger partial charge < -0.3 is 10.6 Å². The summed E-state index contributed by atoms with van der Waals surface area (Å²) in [5.74, 6) is -0.0393. The molecule has 0 aliphatic heterocycles. The Morgan fingerprint density at radius 2 is 1.55 bits per heavy atom. The molecule has 0 radical (unpaired) electrons. The second-order valence-electron chi connectivity index (χ2n) is 5.08. The normalized spacial score (nSPS) is 10.0. The van der Waals surface area contributed by atoms with Gasteiger partial charge in [-0.15, -0.1) is 0 Å². The molecule has 0 heterocycles. The Balaban J connectivity index is 1.82. The van der Waals surface area contributed by atoms with E-state index in [0.29, 0.717) is 12.8 Å². The fraction of sp³-hybridized carbons (Fsp3) is 0.222. The summed E-state index contributed by atoms with van der Waals surface area (Å²) in [5.41, 5.74) is 2.82. The Kier molecular flexibility index (Phi) is 5.72. The van der Waals surface area contributed by atoms with Crippen LogP contribution in [-0.2, 0) is 22.4 Å². The van der Waals surface area contributed by atoms with Gasteiger partial charge in [0.25, 0.3) is 0 Å². The van der Waals surface area contributed by atoms with Gasteiger partial charge in [0.1, 0.15) is 0 Å². The molecule has 0 aliphatic carbocycles. The number of hydrogen-bond acceptors (Lipinski definition) is 2. The van der Waals surface area contributed by atoms with Crippen molar-refractivity contribution in [3.8, 4) is 0 Å². The number of likely N-dealkylation sites (N-methyl/N-ethyl adjacent to an activating group) is 1. The van der Waals surface area contributed by atoms with E-state index < -0.39 is 0 Å². The molecule has 0 aliphatic rings. The van der Waals surface area contributed by atoms with Gasteiger partial charge in [0.15, 0.2) is 0 Å². The van der Waals surface area contributed by atoms with Crippen molar-refractivity contribution in [1.82, 2.24) is 5.32 Å². The molecule has 0 saturated carbocycles. The molecule has 2 N–H and O–H groups in total. The second-order valence-corrected chi connectivity index (χ2v) is 5.08. The van der Waals surface area contributed by atoms with Gasteiger partial charge in [0, 0.05) is 19.2 Å². The smallest absolute Gasteiger partial charge is 0.224 e. The minimum atomic E-state index is -0.0281. The van der Waals surface area contributed by atoms with Crippen LogP contribution in [0.3, 0.4) is 0 Å². The van der Waals surface area contributed by atoms with Crippen molar-refractivity contribution >= 4 is 17.5 Å². The van der Waals surface area contributed by atoms with Crippen molar-refractivity contribution in [1.29, 1.82) is 0 Å². The topological polar surface area (TPSA) is 58.2 Å². The minimum Gasteiger partial charge on any atom is -0.359 e. The van der Waals surface area contributed by atoms with Gasteiger partial charge in [-0.2, -0.15) is 0 Å². The summed E-state index contributed by atoms with van der Waals surface area (Å²) in [6, 6.07) is 17.3. The molecule has 0 spiro atoms. The van der Waals surface area contributed by atoms with E-state index in [0.717, 1.165) is 23.2 Å². The lowest BCUT2D eigenvalue weighted by Gasteiger charge is -2.07. The average molecular weight is 296 g/mol. The van der Waals surface area contributed by atoms with Crippen LogP contribution in [0, 0.1) is 0 Å². The molecular weight excluding hydrogens is 276 g/mol. The maximum atomic E-state index is 11.9. The summed E-state index contributed by atoms with van der Waals surface area (Å²) >= 11 is 0. The highest BCUT2D eigenvalue weighted by molar-refractivity contribution is 5.90. The fourth-order valence-corrected chi connectivity index (χ4v) is 2.11. The highest BCUT2D eigenvalue weighted by Gasteiger charge is 2.04. The predicted molar refractivity (Wildman–Crippen MR) is 87.6 cm³/mol. The Bertz CT molecular complexity index is 621. The van der Waals surface area contributed by atoms with E-state index in [9.17, 15) is 9.59 Å². The van der Waals surface area contributed by atoms with E-state index in [2.05, 4.69) is 10.6 Å². The standard InChI is InChI=1S/C18H20N2O2/c1-19-18(22)13-15-7-10-16(11-8-15)20-17(21)12-9-14-5-3-2-4-6-14/h2-8,10-11H,9,12-13H2,1H3,(H,19,22)(H,20,21). The summed E-state index contributed by atoms with van der Waals surface area (Å²) in [4.78, 5) is 23.2. The third-order valence-corrected chi connectivity index (χ3v) is 3.36. The van der Waals surface area contributed by atoms with Crippen molar-refractivity contribution in [3.63, 3.8) is 0 Å². The van der Waals surface area contributed by atoms with Crippen LogP contribution < -0.4 is 10.6 Å². The molecule has 4 heteroatoms. The number of anilines is 1. The molecule has 4 nitrogen and oxygen atoms in total. The van der Waals surface area contributed by atoms with Gasteiger partial charge in [-0.3, -0.25) is 9.59 Å². The first kappa shape index (κ1) is 15.8. The van der Waals surface area contributed by atoms with E-state index in [-0.39, 0.29) is 11.8 Å². The molecule has 0 aromatic heterocycles. The minimum absolute atomic E-state index is 0.0112. The van der Waals surface area contributed by atoms with Crippen LogP contribution in [0.4, 0.5) is 5.69 Å². The lowest BCUT2D eigenvalue weighted by atomic mass is 10.1. The van der Waals surface area contributed by atoms with Crippen LogP contribution in [0.25, 0.3) is 0 Å². The summed E-state index contributed by atoms with van der Waals surface area (Å²) < 4.78 is 0. The quantitative estimate of drug-likeness (QED) is 0.860. The number of hydrogen-bond donors (Lipinski definition) is 2. The molecular formula is C18H20N2O2. The van der Waals surface area contributed by atoms with Gasteiger partial charge in [0.05, 0.1) is 6.42 Å². The number of aryl methyl sites for hydroxylation is 1. The van der Waals surface area contributed by atoms with E-state index in [1.54, 1.807) is 7.05 Å². The van der Waals surface area contributed by atoms with Crippen LogP contribution in [-0.4, -0.2) is 18.9 Å². The number of nitrogens with one attached hydrogen (secondary N) is 2. The number of benzene rings is 2. The SMILES string of the molecule is CNC(=O)Cc1ccc(NC(=O)CCc2ccccc2)cc1. The molecule has 2 aromatic carbocycles. The largest absolute Gasteiger partial charge is 0.359 e. The Labute approximate surface area is 130 Å². The highest BCUT2D eigenvalue weighted by atomic mass is 16.2. The zero-order valence-corrected chi connectivity index (χ0v) is 12.6. The van der Waals surface area contributed by atoms with Crippen LogP contribution in [0.2, 0.25) is 0 Å². The second kappa shape index (κ2) is 7.98. The number of amides is 2. The Hall–Kier alpha value is -2.62. The third-order valence-electron chi connectivity index (χ3n) is 3.36. The Morgan fingerprint density at radius 1 is 0.864 bits per heavy atom. The van der Waals surface area contributed by atoms with Crippen molar-refractivity contribution in [2.45, 2.75) is 19.3 Å². The highest BCUT2D eigenvalue weighted by Crippen LogP contribution is 2.11. The molecule has 22 heavy (non-hydrogen) atoms. The molecule has 0 atom stereocenters. The van der Waals surface area contributed by atoms with E-state index in [4.69, 9.17) is 0 Å². The van der Waals surface area contributed by atoms with E-state index in [1.807, 2.05) is 54.6 Å². The Morgan fingerprint density at radius 3 is 2.18 bits per heavy atom. The van der Waals surface area contributed by atoms with E-state index >= 15 is 0 Å². The summed E-state index contributed by atoms with van der Waals surface area (Å²) in [6.07, 6.45) is 1.52. The number of carbonyl (C=O) groups excluding carboxylic acids is 2. The van der Waals surface area contributed by atoms with E-state index in [1.165, 1.54) is 0 Å². The van der Waals surface area contributed by atoms with Gasteiger partial charge in [0.2, 0.25) is 11.8 Å². The maximum Gasteiger partial charge on any atom is 0.224 e. The zero-order valence-electron chi connectivity index (χ0n) is 12.6. The third kappa shape index (κ3) is 5.05. The fourth-order valence-electron chi connectivity index (χ4n) is 2.11.